The lowest BCUT2D eigenvalue weighted by molar-refractivity contribution is -0.132. The smallest absolute Gasteiger partial charge is 0.222 e. The number of likely N-dealkylation sites (tertiary alicyclic amines) is 1. The van der Waals surface area contributed by atoms with Crippen LogP contribution in [0.15, 0.2) is 0 Å². The number of nitrogens with zero attached hydrogens (tertiary/aromatic N) is 1. The Labute approximate surface area is 170 Å². The molecule has 2 nitrogen and oxygen atoms in total. The van der Waals surface area contributed by atoms with Gasteiger partial charge >= 0.3 is 0 Å². The Morgan fingerprint density at radius 2 is 0.926 bits per heavy atom. The van der Waals surface area contributed by atoms with E-state index in [1.54, 1.807) is 0 Å². The Kier molecular flexibility index (Phi) is 17.1. The fourth-order valence-electron chi connectivity index (χ4n) is 4.30. The summed E-state index contributed by atoms with van der Waals surface area (Å²) in [6, 6.07) is 0. The molecule has 1 rings (SSSR count). The van der Waals surface area contributed by atoms with Gasteiger partial charge in [-0.15, -0.1) is 0 Å². The molecule has 27 heavy (non-hydrogen) atoms. The molecule has 0 N–H and O–H groups in total. The van der Waals surface area contributed by atoms with Gasteiger partial charge in [0.2, 0.25) is 5.91 Å². The standard InChI is InChI=1S/C25H49NO/c1-2-3-4-5-6-7-8-9-10-11-12-13-14-15-16-17-19-22-25(27)26-23-20-18-21-24-26/h2-24H2,1H3. The fourth-order valence-corrected chi connectivity index (χ4v) is 4.30. The molecule has 0 radical (unpaired) electrons. The lowest BCUT2D eigenvalue weighted by atomic mass is 10.0. The van der Waals surface area contributed by atoms with Crippen molar-refractivity contribution in [2.24, 2.45) is 0 Å². The van der Waals surface area contributed by atoms with Gasteiger partial charge in [-0.1, -0.05) is 110 Å². The van der Waals surface area contributed by atoms with Crippen LogP contribution in [0.5, 0.6) is 0 Å². The van der Waals surface area contributed by atoms with E-state index in [4.69, 9.17) is 0 Å². The zero-order valence-electron chi connectivity index (χ0n) is 18.6. The minimum atomic E-state index is 0.413. The Bertz CT molecular complexity index is 322. The van der Waals surface area contributed by atoms with Crippen molar-refractivity contribution in [3.8, 4) is 0 Å². The molecule has 0 unspecified atom stereocenters. The molecule has 0 aromatic rings. The van der Waals surface area contributed by atoms with Crippen LogP contribution in [0.3, 0.4) is 0 Å². The molecule has 1 aliphatic heterocycles. The van der Waals surface area contributed by atoms with Gasteiger partial charge in [0.05, 0.1) is 0 Å². The van der Waals surface area contributed by atoms with Crippen molar-refractivity contribution in [1.82, 2.24) is 4.90 Å². The van der Waals surface area contributed by atoms with E-state index in [0.717, 1.165) is 25.9 Å². The molecule has 2 heteroatoms. The first kappa shape index (κ1) is 24.5. The van der Waals surface area contributed by atoms with Crippen LogP contribution in [0.4, 0.5) is 0 Å². The maximum absolute atomic E-state index is 12.1. The monoisotopic (exact) mass is 379 g/mol. The molecular formula is C25H49NO. The van der Waals surface area contributed by atoms with Crippen molar-refractivity contribution in [1.29, 1.82) is 0 Å². The summed E-state index contributed by atoms with van der Waals surface area (Å²) in [4.78, 5) is 14.2. The van der Waals surface area contributed by atoms with Crippen molar-refractivity contribution >= 4 is 5.91 Å². The lowest BCUT2D eigenvalue weighted by Crippen LogP contribution is -2.35. The zero-order valence-corrected chi connectivity index (χ0v) is 18.6. The van der Waals surface area contributed by atoms with E-state index in [1.165, 1.54) is 122 Å². The third kappa shape index (κ3) is 15.1. The highest BCUT2D eigenvalue weighted by Crippen LogP contribution is 2.15. The lowest BCUT2D eigenvalue weighted by Gasteiger charge is -2.26. The summed E-state index contributed by atoms with van der Waals surface area (Å²) in [5.74, 6) is 0.413. The number of carbonyl (C=O) groups excluding carboxylic acids is 1. The van der Waals surface area contributed by atoms with Crippen LogP contribution in [0.25, 0.3) is 0 Å². The maximum atomic E-state index is 12.1. The fraction of sp³-hybridized carbons (Fsp3) is 0.960. The maximum Gasteiger partial charge on any atom is 0.222 e. The van der Waals surface area contributed by atoms with Gasteiger partial charge in [0.25, 0.3) is 0 Å². The van der Waals surface area contributed by atoms with Gasteiger partial charge in [0.15, 0.2) is 0 Å². The molecule has 1 aliphatic rings. The van der Waals surface area contributed by atoms with Crippen LogP contribution >= 0.6 is 0 Å². The summed E-state index contributed by atoms with van der Waals surface area (Å²) >= 11 is 0. The molecule has 0 atom stereocenters. The molecule has 1 fully saturated rings. The van der Waals surface area contributed by atoms with E-state index in [2.05, 4.69) is 11.8 Å². The van der Waals surface area contributed by atoms with Gasteiger partial charge in [-0.05, 0) is 25.7 Å². The van der Waals surface area contributed by atoms with Crippen molar-refractivity contribution in [3.63, 3.8) is 0 Å². The van der Waals surface area contributed by atoms with Gasteiger partial charge in [-0.3, -0.25) is 4.79 Å². The number of piperidine rings is 1. The van der Waals surface area contributed by atoms with Crippen molar-refractivity contribution < 1.29 is 4.79 Å². The van der Waals surface area contributed by atoms with Crippen LogP contribution in [0.1, 0.15) is 142 Å². The second-order valence-electron chi connectivity index (χ2n) is 8.85. The molecule has 1 heterocycles. The first-order chi connectivity index (χ1) is 13.3. The predicted molar refractivity (Wildman–Crippen MR) is 119 cm³/mol. The Hall–Kier alpha value is -0.530. The molecule has 160 valence electrons. The van der Waals surface area contributed by atoms with E-state index >= 15 is 0 Å². The number of amides is 1. The molecule has 0 aliphatic carbocycles. The average Bonchev–Trinajstić information content (AvgIpc) is 2.70. The van der Waals surface area contributed by atoms with E-state index in [9.17, 15) is 4.79 Å². The highest BCUT2D eigenvalue weighted by molar-refractivity contribution is 5.76. The second kappa shape index (κ2) is 18.8. The number of hydrogen-bond acceptors (Lipinski definition) is 1. The number of rotatable bonds is 18. The number of unbranched alkanes of at least 4 members (excludes halogenated alkanes) is 16. The Morgan fingerprint density at radius 1 is 0.556 bits per heavy atom. The van der Waals surface area contributed by atoms with E-state index in [-0.39, 0.29) is 0 Å². The van der Waals surface area contributed by atoms with Gasteiger partial charge in [-0.25, -0.2) is 0 Å². The normalized spacial score (nSPS) is 14.6. The van der Waals surface area contributed by atoms with Crippen LogP contribution in [-0.4, -0.2) is 23.9 Å². The average molecular weight is 380 g/mol. The summed E-state index contributed by atoms with van der Waals surface area (Å²) in [6.07, 6.45) is 28.3. The molecule has 0 saturated carbocycles. The highest BCUT2D eigenvalue weighted by Gasteiger charge is 2.15. The van der Waals surface area contributed by atoms with Crippen LogP contribution < -0.4 is 0 Å². The second-order valence-corrected chi connectivity index (χ2v) is 8.85. The van der Waals surface area contributed by atoms with Crippen molar-refractivity contribution in [3.05, 3.63) is 0 Å². The molecular weight excluding hydrogens is 330 g/mol. The molecule has 0 aromatic heterocycles. The van der Waals surface area contributed by atoms with E-state index in [1.807, 2.05) is 0 Å². The third-order valence-electron chi connectivity index (χ3n) is 6.20. The molecule has 0 bridgehead atoms. The van der Waals surface area contributed by atoms with Gasteiger partial charge in [0, 0.05) is 19.5 Å². The molecule has 0 spiro atoms. The zero-order chi connectivity index (χ0) is 19.4. The third-order valence-corrected chi connectivity index (χ3v) is 6.20. The van der Waals surface area contributed by atoms with Gasteiger partial charge < -0.3 is 4.90 Å². The quantitative estimate of drug-likeness (QED) is 0.221. The molecule has 1 amide bonds. The summed E-state index contributed by atoms with van der Waals surface area (Å²) in [5, 5.41) is 0. The first-order valence-electron chi connectivity index (χ1n) is 12.6. The summed E-state index contributed by atoms with van der Waals surface area (Å²) in [7, 11) is 0. The number of carbonyl (C=O) groups is 1. The van der Waals surface area contributed by atoms with E-state index in [0.29, 0.717) is 5.91 Å². The highest BCUT2D eigenvalue weighted by atomic mass is 16.2. The van der Waals surface area contributed by atoms with Crippen molar-refractivity contribution in [2.45, 2.75) is 142 Å². The van der Waals surface area contributed by atoms with Crippen LogP contribution in [0.2, 0.25) is 0 Å². The minimum absolute atomic E-state index is 0.413. The van der Waals surface area contributed by atoms with Crippen LogP contribution in [0, 0.1) is 0 Å². The Morgan fingerprint density at radius 3 is 1.33 bits per heavy atom. The molecule has 1 saturated heterocycles. The first-order valence-corrected chi connectivity index (χ1v) is 12.6. The van der Waals surface area contributed by atoms with E-state index < -0.39 is 0 Å². The predicted octanol–water partition coefficient (Wildman–Crippen LogP) is 8.04. The SMILES string of the molecule is CCCCCCCCCCCCCCCCCCCC(=O)N1CCCCC1. The summed E-state index contributed by atoms with van der Waals surface area (Å²) in [5.41, 5.74) is 0. The summed E-state index contributed by atoms with van der Waals surface area (Å²) in [6.45, 7) is 4.31. The Balaban J connectivity index is 1.71. The summed E-state index contributed by atoms with van der Waals surface area (Å²) < 4.78 is 0. The van der Waals surface area contributed by atoms with Gasteiger partial charge in [-0.2, -0.15) is 0 Å². The van der Waals surface area contributed by atoms with Crippen LogP contribution in [-0.2, 0) is 4.79 Å². The minimum Gasteiger partial charge on any atom is -0.343 e. The largest absolute Gasteiger partial charge is 0.343 e. The topological polar surface area (TPSA) is 20.3 Å². The number of hydrogen-bond donors (Lipinski definition) is 0. The molecule has 0 aromatic carbocycles. The van der Waals surface area contributed by atoms with Gasteiger partial charge in [0.1, 0.15) is 0 Å². The van der Waals surface area contributed by atoms with Crippen molar-refractivity contribution in [2.75, 3.05) is 13.1 Å².